The number of hydrogen-bond acceptors (Lipinski definition) is 2. The Bertz CT molecular complexity index is 237. The fourth-order valence-corrected chi connectivity index (χ4v) is 1.43. The number of alkyl halides is 1. The molecule has 1 aromatic rings. The van der Waals surface area contributed by atoms with Gasteiger partial charge in [-0.2, -0.15) is 5.10 Å². The van der Waals surface area contributed by atoms with Gasteiger partial charge in [-0.05, 0) is 19.3 Å². The summed E-state index contributed by atoms with van der Waals surface area (Å²) in [4.78, 5) is 0. The lowest BCUT2D eigenvalue weighted by molar-refractivity contribution is 0.306. The Balaban J connectivity index is 2.06. The topological polar surface area (TPSA) is 27.1 Å². The molecule has 0 aliphatic carbocycles. The van der Waals surface area contributed by atoms with Crippen molar-refractivity contribution >= 4 is 15.9 Å². The Morgan fingerprint density at radius 2 is 2.31 bits per heavy atom. The van der Waals surface area contributed by atoms with Crippen LogP contribution >= 0.6 is 15.9 Å². The molecule has 1 aromatic heterocycles. The lowest BCUT2D eigenvalue weighted by Gasteiger charge is -2.01. The van der Waals surface area contributed by atoms with Crippen LogP contribution in [0.5, 0.6) is 5.75 Å². The summed E-state index contributed by atoms with van der Waals surface area (Å²) in [5.74, 6) is 0.862. The second-order valence-electron chi connectivity index (χ2n) is 2.95. The average Bonchev–Trinajstić information content (AvgIpc) is 2.51. The maximum absolute atomic E-state index is 5.47. The molecule has 0 saturated heterocycles. The van der Waals surface area contributed by atoms with Gasteiger partial charge in [-0.15, -0.1) is 0 Å². The van der Waals surface area contributed by atoms with E-state index in [0.717, 1.165) is 24.1 Å². The summed E-state index contributed by atoms with van der Waals surface area (Å²) >= 11 is 3.40. The zero-order chi connectivity index (χ0) is 9.52. The van der Waals surface area contributed by atoms with E-state index in [1.54, 1.807) is 10.9 Å². The van der Waals surface area contributed by atoms with Crippen LogP contribution in [0, 0.1) is 0 Å². The minimum Gasteiger partial charge on any atom is -0.490 e. The first-order valence-electron chi connectivity index (χ1n) is 4.50. The molecule has 0 bridgehead atoms. The first-order valence-corrected chi connectivity index (χ1v) is 5.62. The molecular weight excluding hydrogens is 232 g/mol. The van der Waals surface area contributed by atoms with Crippen LogP contribution in [-0.2, 0) is 7.05 Å². The molecule has 1 heterocycles. The quantitative estimate of drug-likeness (QED) is 0.570. The summed E-state index contributed by atoms with van der Waals surface area (Å²) in [6, 6.07) is 0. The third kappa shape index (κ3) is 4.31. The van der Waals surface area contributed by atoms with Crippen molar-refractivity contribution in [2.24, 2.45) is 7.05 Å². The summed E-state index contributed by atoms with van der Waals surface area (Å²) in [5, 5.41) is 5.10. The van der Waals surface area contributed by atoms with E-state index in [0.29, 0.717) is 0 Å². The Morgan fingerprint density at radius 3 is 2.92 bits per heavy atom. The van der Waals surface area contributed by atoms with Gasteiger partial charge in [0.15, 0.2) is 5.75 Å². The van der Waals surface area contributed by atoms with Crippen LogP contribution in [0.15, 0.2) is 12.4 Å². The third-order valence-corrected chi connectivity index (χ3v) is 2.29. The standard InChI is InChI=1S/C9H15BrN2O/c1-12-8-9(7-11-12)13-6-4-2-3-5-10/h7-8H,2-6H2,1H3. The highest BCUT2D eigenvalue weighted by molar-refractivity contribution is 9.09. The van der Waals surface area contributed by atoms with E-state index in [1.807, 2.05) is 13.2 Å². The highest BCUT2D eigenvalue weighted by Crippen LogP contribution is 2.08. The number of hydrogen-bond donors (Lipinski definition) is 0. The lowest BCUT2D eigenvalue weighted by Crippen LogP contribution is -1.96. The van der Waals surface area contributed by atoms with Crippen molar-refractivity contribution in [3.63, 3.8) is 0 Å². The van der Waals surface area contributed by atoms with Crippen molar-refractivity contribution in [1.29, 1.82) is 0 Å². The minimum absolute atomic E-state index is 0.790. The Hall–Kier alpha value is -0.510. The summed E-state index contributed by atoms with van der Waals surface area (Å²) in [6.45, 7) is 0.790. The van der Waals surface area contributed by atoms with E-state index in [4.69, 9.17) is 4.74 Å². The number of unbranched alkanes of at least 4 members (excludes halogenated alkanes) is 2. The van der Waals surface area contributed by atoms with Gasteiger partial charge in [0, 0.05) is 12.4 Å². The van der Waals surface area contributed by atoms with Crippen LogP contribution in [0.25, 0.3) is 0 Å². The minimum atomic E-state index is 0.790. The first-order chi connectivity index (χ1) is 6.33. The van der Waals surface area contributed by atoms with Gasteiger partial charge in [0.1, 0.15) is 0 Å². The predicted octanol–water partition coefficient (Wildman–Crippen LogP) is 2.36. The lowest BCUT2D eigenvalue weighted by atomic mass is 10.3. The summed E-state index contributed by atoms with van der Waals surface area (Å²) in [7, 11) is 1.89. The van der Waals surface area contributed by atoms with Crippen LogP contribution in [0.3, 0.4) is 0 Å². The molecule has 74 valence electrons. The highest BCUT2D eigenvalue weighted by Gasteiger charge is 1.95. The van der Waals surface area contributed by atoms with Gasteiger partial charge in [-0.25, -0.2) is 0 Å². The molecular formula is C9H15BrN2O. The molecule has 4 heteroatoms. The molecule has 0 fully saturated rings. The molecule has 0 aromatic carbocycles. The van der Waals surface area contributed by atoms with Gasteiger partial charge in [-0.1, -0.05) is 15.9 Å². The smallest absolute Gasteiger partial charge is 0.157 e. The fraction of sp³-hybridized carbons (Fsp3) is 0.667. The number of nitrogens with zero attached hydrogens (tertiary/aromatic N) is 2. The molecule has 1 rings (SSSR count). The van der Waals surface area contributed by atoms with Gasteiger partial charge < -0.3 is 4.74 Å². The van der Waals surface area contributed by atoms with Crippen molar-refractivity contribution in [1.82, 2.24) is 9.78 Å². The van der Waals surface area contributed by atoms with Crippen LogP contribution < -0.4 is 4.74 Å². The molecule has 0 radical (unpaired) electrons. The van der Waals surface area contributed by atoms with E-state index < -0.39 is 0 Å². The van der Waals surface area contributed by atoms with E-state index in [-0.39, 0.29) is 0 Å². The third-order valence-electron chi connectivity index (χ3n) is 1.73. The molecule has 3 nitrogen and oxygen atoms in total. The summed E-state index contributed by atoms with van der Waals surface area (Å²) in [5.41, 5.74) is 0. The molecule has 0 unspecified atom stereocenters. The van der Waals surface area contributed by atoms with Gasteiger partial charge in [0.25, 0.3) is 0 Å². The Morgan fingerprint density at radius 1 is 1.46 bits per heavy atom. The van der Waals surface area contributed by atoms with E-state index in [2.05, 4.69) is 21.0 Å². The van der Waals surface area contributed by atoms with Gasteiger partial charge in [0.2, 0.25) is 0 Å². The van der Waals surface area contributed by atoms with Gasteiger partial charge >= 0.3 is 0 Å². The molecule has 0 spiro atoms. The van der Waals surface area contributed by atoms with Crippen molar-refractivity contribution in [3.8, 4) is 5.75 Å². The summed E-state index contributed by atoms with van der Waals surface area (Å²) in [6.07, 6.45) is 7.16. The maximum Gasteiger partial charge on any atom is 0.157 e. The maximum atomic E-state index is 5.47. The molecule has 0 amide bonds. The second kappa shape index (κ2) is 6.02. The zero-order valence-corrected chi connectivity index (χ0v) is 9.46. The predicted molar refractivity (Wildman–Crippen MR) is 56.3 cm³/mol. The number of aryl methyl sites for hydroxylation is 1. The monoisotopic (exact) mass is 246 g/mol. The zero-order valence-electron chi connectivity index (χ0n) is 7.87. The van der Waals surface area contributed by atoms with Crippen molar-refractivity contribution < 1.29 is 4.74 Å². The molecule has 0 atom stereocenters. The number of halogens is 1. The molecule has 0 saturated carbocycles. The van der Waals surface area contributed by atoms with Crippen molar-refractivity contribution in [3.05, 3.63) is 12.4 Å². The van der Waals surface area contributed by atoms with Crippen LogP contribution in [-0.4, -0.2) is 21.7 Å². The number of ether oxygens (including phenoxy) is 1. The summed E-state index contributed by atoms with van der Waals surface area (Å²) < 4.78 is 7.22. The molecule has 0 aliphatic rings. The van der Waals surface area contributed by atoms with E-state index in [9.17, 15) is 0 Å². The van der Waals surface area contributed by atoms with Crippen molar-refractivity contribution in [2.45, 2.75) is 19.3 Å². The average molecular weight is 247 g/mol. The molecule has 0 aliphatic heterocycles. The molecule has 0 N–H and O–H groups in total. The highest BCUT2D eigenvalue weighted by atomic mass is 79.9. The van der Waals surface area contributed by atoms with E-state index in [1.165, 1.54) is 12.8 Å². The largest absolute Gasteiger partial charge is 0.490 e. The van der Waals surface area contributed by atoms with E-state index >= 15 is 0 Å². The van der Waals surface area contributed by atoms with Gasteiger partial charge in [0.05, 0.1) is 19.0 Å². The number of rotatable bonds is 6. The first kappa shape index (κ1) is 10.6. The number of aromatic nitrogens is 2. The fourth-order valence-electron chi connectivity index (χ4n) is 1.04. The van der Waals surface area contributed by atoms with Crippen LogP contribution in [0.1, 0.15) is 19.3 Å². The Kier molecular flexibility index (Phi) is 4.90. The van der Waals surface area contributed by atoms with Crippen LogP contribution in [0.2, 0.25) is 0 Å². The SMILES string of the molecule is Cn1cc(OCCCCCBr)cn1. The van der Waals surface area contributed by atoms with Crippen LogP contribution in [0.4, 0.5) is 0 Å². The Labute approximate surface area is 87.2 Å². The second-order valence-corrected chi connectivity index (χ2v) is 3.74. The van der Waals surface area contributed by atoms with Gasteiger partial charge in [-0.3, -0.25) is 4.68 Å². The molecule has 13 heavy (non-hydrogen) atoms. The normalized spacial score (nSPS) is 10.3. The van der Waals surface area contributed by atoms with Crippen molar-refractivity contribution in [2.75, 3.05) is 11.9 Å².